The van der Waals surface area contributed by atoms with Crippen molar-refractivity contribution in [3.63, 3.8) is 0 Å². The fraction of sp³-hybridized carbons (Fsp3) is 0.406. The third-order valence-electron chi connectivity index (χ3n) is 6.59. The molecule has 0 radical (unpaired) electrons. The molecule has 0 spiro atoms. The van der Waals surface area contributed by atoms with Crippen molar-refractivity contribution in [1.29, 1.82) is 0 Å². The molecule has 3 rings (SSSR count). The van der Waals surface area contributed by atoms with Crippen molar-refractivity contribution < 1.29 is 22.1 Å². The van der Waals surface area contributed by atoms with Crippen molar-refractivity contribution >= 4 is 16.3 Å². The number of alkyl halides is 3. The molecule has 3 aromatic rings. The van der Waals surface area contributed by atoms with Gasteiger partial charge in [-0.25, -0.2) is 4.79 Å². The second-order valence-electron chi connectivity index (χ2n) is 12.7. The van der Waals surface area contributed by atoms with E-state index < -0.39 is 22.5 Å². The van der Waals surface area contributed by atoms with E-state index in [9.17, 15) is 18.0 Å². The zero-order valence-electron chi connectivity index (χ0n) is 23.8. The van der Waals surface area contributed by atoms with E-state index in [0.717, 1.165) is 16.7 Å². The van der Waals surface area contributed by atoms with Gasteiger partial charge in [-0.15, -0.1) is 0 Å². The van der Waals surface area contributed by atoms with Gasteiger partial charge in [-0.05, 0) is 79.6 Å². The zero-order chi connectivity index (χ0) is 28.7. The van der Waals surface area contributed by atoms with Crippen LogP contribution in [0.2, 0.25) is 0 Å². The molecule has 38 heavy (non-hydrogen) atoms. The van der Waals surface area contributed by atoms with Crippen LogP contribution in [0.25, 0.3) is 0 Å². The highest BCUT2D eigenvalue weighted by atomic mass is 32.3. The molecule has 0 N–H and O–H groups in total. The van der Waals surface area contributed by atoms with Crippen LogP contribution in [-0.4, -0.2) is 12.1 Å². The molecule has 2 nitrogen and oxygen atoms in total. The predicted octanol–water partition coefficient (Wildman–Crippen LogP) is 9.88. The zero-order valence-corrected chi connectivity index (χ0v) is 24.6. The third kappa shape index (κ3) is 6.28. The lowest BCUT2D eigenvalue weighted by Crippen LogP contribution is -2.27. The molecule has 6 heteroatoms. The van der Waals surface area contributed by atoms with Gasteiger partial charge in [0.15, 0.2) is 0 Å². The minimum Gasteiger partial charge on any atom is -0.395 e. The van der Waals surface area contributed by atoms with Gasteiger partial charge in [0.05, 0.1) is 0 Å². The molecule has 0 fully saturated rings. The molecular formula is C32H39F3O2S. The Morgan fingerprint density at radius 2 is 0.763 bits per heavy atom. The van der Waals surface area contributed by atoms with Crippen molar-refractivity contribution in [2.24, 2.45) is 0 Å². The molecule has 206 valence electrons. The predicted molar refractivity (Wildman–Crippen MR) is 150 cm³/mol. The van der Waals surface area contributed by atoms with E-state index in [4.69, 9.17) is 4.18 Å². The number of halogens is 3. The van der Waals surface area contributed by atoms with E-state index in [-0.39, 0.29) is 16.2 Å². The lowest BCUT2D eigenvalue weighted by Gasteiger charge is -2.40. The Kier molecular flexibility index (Phi) is 7.93. The van der Waals surface area contributed by atoms with Crippen LogP contribution in [0.4, 0.5) is 13.2 Å². The molecule has 0 unspecified atom stereocenters. The Balaban J connectivity index is 2.37. The van der Waals surface area contributed by atoms with Gasteiger partial charge in [0.2, 0.25) is 0 Å². The van der Waals surface area contributed by atoms with Gasteiger partial charge in [0, 0.05) is 14.7 Å². The molecule has 0 bridgehead atoms. The van der Waals surface area contributed by atoms with Crippen LogP contribution in [0, 0.1) is 0 Å². The molecule has 0 amide bonds. The van der Waals surface area contributed by atoms with Gasteiger partial charge in [-0.2, -0.15) is 13.2 Å². The summed E-state index contributed by atoms with van der Waals surface area (Å²) >= 11 is 0. The van der Waals surface area contributed by atoms with E-state index in [1.807, 2.05) is 36.4 Å². The molecule has 0 atom stereocenters. The third-order valence-corrected chi connectivity index (χ3v) is 9.80. The average molecular weight is 545 g/mol. The summed E-state index contributed by atoms with van der Waals surface area (Å²) in [6.07, 6.45) is -5.14. The van der Waals surface area contributed by atoms with Gasteiger partial charge < -0.3 is 4.18 Å². The quantitative estimate of drug-likeness (QED) is 0.327. The maximum atomic E-state index is 13.7. The Bertz CT molecular complexity index is 1110. The normalized spacial score (nSPS) is 13.8. The highest BCUT2D eigenvalue weighted by Gasteiger charge is 2.47. The first kappa shape index (κ1) is 29.8. The first-order valence-electron chi connectivity index (χ1n) is 12.7. The topological polar surface area (TPSA) is 26.3 Å². The summed E-state index contributed by atoms with van der Waals surface area (Å²) in [5.41, 5.74) is 2.64. The number of rotatable bonds is 4. The van der Waals surface area contributed by atoms with E-state index >= 15 is 0 Å². The van der Waals surface area contributed by atoms with Gasteiger partial charge in [0.1, 0.15) is 0 Å². The summed E-state index contributed by atoms with van der Waals surface area (Å²) in [6, 6.07) is 22.3. The molecule has 3 aromatic carbocycles. The molecular weight excluding hydrogens is 505 g/mol. The Hall–Kier alpha value is -2.73. The van der Waals surface area contributed by atoms with Crippen LogP contribution in [0.15, 0.2) is 87.5 Å². The van der Waals surface area contributed by atoms with Crippen LogP contribution in [0.3, 0.4) is 0 Å². The Labute approximate surface area is 227 Å². The number of carbonyl (C=O) groups is 1. The standard InChI is InChI=1S/C32H39F3O2S/c1-29(2,3)22-10-16-25(17-11-22)38(37-28(36)32(33,34)35,26-18-12-23(13-19-26)30(4,5)6)27-20-14-24(15-21-27)31(7,8)9/h10-21H,1-9H3. The van der Waals surface area contributed by atoms with Crippen molar-refractivity contribution in [1.82, 2.24) is 0 Å². The molecule has 0 saturated heterocycles. The Morgan fingerprint density at radius 1 is 0.526 bits per heavy atom. The van der Waals surface area contributed by atoms with Gasteiger partial charge >= 0.3 is 12.1 Å². The average Bonchev–Trinajstić information content (AvgIpc) is 2.80. The van der Waals surface area contributed by atoms with E-state index in [1.165, 1.54) is 0 Å². The summed E-state index contributed by atoms with van der Waals surface area (Å²) in [6.45, 7) is 18.6. The lowest BCUT2D eigenvalue weighted by atomic mass is 9.87. The molecule has 0 saturated carbocycles. The van der Waals surface area contributed by atoms with Crippen molar-refractivity contribution in [3.05, 3.63) is 89.5 Å². The number of benzene rings is 3. The first-order valence-corrected chi connectivity index (χ1v) is 14.3. The SMILES string of the molecule is CC(C)(C)c1ccc(S(OC(=O)C(F)(F)F)(c2ccc(C(C)(C)C)cc2)c2ccc(C(C)(C)C)cc2)cc1. The van der Waals surface area contributed by atoms with Crippen LogP contribution < -0.4 is 0 Å². The minimum absolute atomic E-state index is 0.151. The summed E-state index contributed by atoms with van der Waals surface area (Å²) in [5.74, 6) is -2.20. The highest BCUT2D eigenvalue weighted by molar-refractivity contribution is 8.30. The van der Waals surface area contributed by atoms with Crippen LogP contribution >= 0.6 is 10.3 Å². The van der Waals surface area contributed by atoms with Crippen LogP contribution in [-0.2, 0) is 25.2 Å². The van der Waals surface area contributed by atoms with Gasteiger partial charge in [-0.3, -0.25) is 0 Å². The molecule has 0 aromatic heterocycles. The van der Waals surface area contributed by atoms with E-state index in [1.54, 1.807) is 36.4 Å². The number of carbonyl (C=O) groups excluding carboxylic acids is 1. The van der Waals surface area contributed by atoms with Crippen LogP contribution in [0.5, 0.6) is 0 Å². The van der Waals surface area contributed by atoms with E-state index in [0.29, 0.717) is 14.7 Å². The molecule has 0 heterocycles. The smallest absolute Gasteiger partial charge is 0.395 e. The van der Waals surface area contributed by atoms with Crippen molar-refractivity contribution in [2.45, 2.75) is 99.4 Å². The first-order chi connectivity index (χ1) is 17.3. The van der Waals surface area contributed by atoms with Crippen molar-refractivity contribution in [3.8, 4) is 0 Å². The lowest BCUT2D eigenvalue weighted by molar-refractivity contribution is -0.188. The second-order valence-corrected chi connectivity index (χ2v) is 15.4. The fourth-order valence-corrected chi connectivity index (χ4v) is 7.14. The van der Waals surface area contributed by atoms with Gasteiger partial charge in [-0.1, -0.05) is 98.7 Å². The van der Waals surface area contributed by atoms with Crippen LogP contribution in [0.1, 0.15) is 79.0 Å². The summed E-state index contributed by atoms with van der Waals surface area (Å²) in [4.78, 5) is 14.1. The van der Waals surface area contributed by atoms with E-state index in [2.05, 4.69) is 62.3 Å². The minimum atomic E-state index is -5.14. The molecule has 0 aliphatic carbocycles. The van der Waals surface area contributed by atoms with Gasteiger partial charge in [0.25, 0.3) is 0 Å². The number of hydrogen-bond acceptors (Lipinski definition) is 2. The summed E-state index contributed by atoms with van der Waals surface area (Å²) in [5, 5.41) is 0. The maximum Gasteiger partial charge on any atom is 0.491 e. The molecule has 0 aliphatic heterocycles. The van der Waals surface area contributed by atoms with Crippen molar-refractivity contribution in [2.75, 3.05) is 0 Å². The monoisotopic (exact) mass is 544 g/mol. The fourth-order valence-electron chi connectivity index (χ4n) is 4.15. The summed E-state index contributed by atoms with van der Waals surface area (Å²) < 4.78 is 46.8. The highest BCUT2D eigenvalue weighted by Crippen LogP contribution is 2.69. The maximum absolute atomic E-state index is 13.7. The molecule has 0 aliphatic rings. The second kappa shape index (κ2) is 10.1. The number of hydrogen-bond donors (Lipinski definition) is 0. The largest absolute Gasteiger partial charge is 0.491 e. The summed E-state index contributed by atoms with van der Waals surface area (Å²) in [7, 11) is -3.07. The Morgan fingerprint density at radius 3 is 0.947 bits per heavy atom.